The summed E-state index contributed by atoms with van der Waals surface area (Å²) in [6.45, 7) is 3.13. The molecule has 0 saturated heterocycles. The summed E-state index contributed by atoms with van der Waals surface area (Å²) in [6.07, 6.45) is 2.17. The lowest BCUT2D eigenvalue weighted by Gasteiger charge is -2.21. The fourth-order valence-electron chi connectivity index (χ4n) is 3.22. The van der Waals surface area contributed by atoms with E-state index in [2.05, 4.69) is 15.6 Å². The topological polar surface area (TPSA) is 74.0 Å². The van der Waals surface area contributed by atoms with Gasteiger partial charge in [0.25, 0.3) is 0 Å². The number of carbonyl (C=O) groups is 2. The number of para-hydroxylation sites is 1. The molecule has 2 unspecified atom stereocenters. The van der Waals surface area contributed by atoms with Crippen molar-refractivity contribution >= 4 is 34.3 Å². The van der Waals surface area contributed by atoms with Crippen LogP contribution in [0.2, 0.25) is 5.02 Å². The molecule has 0 aliphatic carbocycles. The monoisotopic (exact) mass is 401 g/mol. The predicted molar refractivity (Wildman–Crippen MR) is 108 cm³/mol. The Morgan fingerprint density at radius 1 is 1.18 bits per heavy atom. The minimum Gasteiger partial charge on any atom is -0.361 e. The Bertz CT molecular complexity index is 1020. The highest BCUT2D eigenvalue weighted by Gasteiger charge is 2.23. The Hall–Kier alpha value is -2.86. The van der Waals surface area contributed by atoms with E-state index >= 15 is 0 Å². The molecule has 0 aliphatic heterocycles. The maximum Gasteiger partial charge on any atom is 0.243 e. The smallest absolute Gasteiger partial charge is 0.243 e. The van der Waals surface area contributed by atoms with E-state index in [0.717, 1.165) is 16.5 Å². The number of hydrogen-bond acceptors (Lipinski definition) is 2. The second kappa shape index (κ2) is 8.44. The van der Waals surface area contributed by atoms with Crippen LogP contribution in [0.5, 0.6) is 0 Å². The summed E-state index contributed by atoms with van der Waals surface area (Å²) in [5, 5.41) is 6.79. The van der Waals surface area contributed by atoms with Crippen molar-refractivity contribution in [1.82, 2.24) is 15.6 Å². The third-order valence-electron chi connectivity index (χ3n) is 4.58. The second-order valence-electron chi connectivity index (χ2n) is 6.71. The Morgan fingerprint density at radius 3 is 2.64 bits per heavy atom. The van der Waals surface area contributed by atoms with Gasteiger partial charge in [-0.15, -0.1) is 0 Å². The SMILES string of the molecule is CC(=O)NC(Cc1c[nH]c2ccccc12)C(=O)NC(C)c1ccc(F)cc1Cl. The number of benzene rings is 2. The largest absolute Gasteiger partial charge is 0.361 e. The van der Waals surface area contributed by atoms with E-state index in [1.807, 2.05) is 30.5 Å². The van der Waals surface area contributed by atoms with Crippen LogP contribution in [0.4, 0.5) is 4.39 Å². The van der Waals surface area contributed by atoms with E-state index in [1.165, 1.54) is 25.1 Å². The zero-order valence-corrected chi connectivity index (χ0v) is 16.3. The van der Waals surface area contributed by atoms with Crippen LogP contribution in [0.25, 0.3) is 10.9 Å². The minimum atomic E-state index is -0.752. The molecule has 0 bridgehead atoms. The molecule has 3 N–H and O–H groups in total. The van der Waals surface area contributed by atoms with Crippen LogP contribution in [-0.2, 0) is 16.0 Å². The van der Waals surface area contributed by atoms with Gasteiger partial charge in [-0.05, 0) is 36.2 Å². The summed E-state index contributed by atoms with van der Waals surface area (Å²) in [6, 6.07) is 10.6. The molecule has 2 aromatic carbocycles. The van der Waals surface area contributed by atoms with Gasteiger partial charge in [-0.25, -0.2) is 4.39 Å². The number of aromatic amines is 1. The summed E-state index contributed by atoms with van der Waals surface area (Å²) in [4.78, 5) is 27.7. The van der Waals surface area contributed by atoms with Crippen molar-refractivity contribution in [3.05, 3.63) is 70.6 Å². The van der Waals surface area contributed by atoms with Crippen LogP contribution in [-0.4, -0.2) is 22.8 Å². The zero-order valence-electron chi connectivity index (χ0n) is 15.6. The van der Waals surface area contributed by atoms with Gasteiger partial charge in [0.05, 0.1) is 6.04 Å². The third kappa shape index (κ3) is 4.51. The molecular weight excluding hydrogens is 381 g/mol. The number of hydrogen-bond donors (Lipinski definition) is 3. The quantitative estimate of drug-likeness (QED) is 0.586. The summed E-state index contributed by atoms with van der Waals surface area (Å²) in [5.74, 6) is -1.08. The number of aromatic nitrogens is 1. The molecule has 0 spiro atoms. The molecule has 5 nitrogen and oxygen atoms in total. The van der Waals surface area contributed by atoms with E-state index in [4.69, 9.17) is 11.6 Å². The first-order chi connectivity index (χ1) is 13.3. The lowest BCUT2D eigenvalue weighted by atomic mass is 10.0. The van der Waals surface area contributed by atoms with Crippen molar-refractivity contribution in [2.75, 3.05) is 0 Å². The predicted octanol–water partition coefficient (Wildman–Crippen LogP) is 3.89. The first-order valence-electron chi connectivity index (χ1n) is 8.92. The fourth-order valence-corrected chi connectivity index (χ4v) is 3.55. The van der Waals surface area contributed by atoms with Gasteiger partial charge in [-0.3, -0.25) is 9.59 Å². The van der Waals surface area contributed by atoms with Gasteiger partial charge in [0.15, 0.2) is 0 Å². The number of H-pyrrole nitrogens is 1. The molecule has 1 aromatic heterocycles. The van der Waals surface area contributed by atoms with Gasteiger partial charge in [-0.1, -0.05) is 35.9 Å². The normalized spacial score (nSPS) is 13.1. The van der Waals surface area contributed by atoms with Crippen molar-refractivity contribution in [2.45, 2.75) is 32.4 Å². The molecule has 0 radical (unpaired) electrons. The van der Waals surface area contributed by atoms with Crippen LogP contribution >= 0.6 is 11.6 Å². The third-order valence-corrected chi connectivity index (χ3v) is 4.91. The van der Waals surface area contributed by atoms with Gasteiger partial charge in [0, 0.05) is 35.5 Å². The Balaban J connectivity index is 1.78. The number of carbonyl (C=O) groups excluding carboxylic acids is 2. The highest BCUT2D eigenvalue weighted by molar-refractivity contribution is 6.31. The highest BCUT2D eigenvalue weighted by Crippen LogP contribution is 2.24. The molecule has 0 fully saturated rings. The van der Waals surface area contributed by atoms with Crippen LogP contribution < -0.4 is 10.6 Å². The first-order valence-corrected chi connectivity index (χ1v) is 9.30. The van der Waals surface area contributed by atoms with E-state index in [-0.39, 0.29) is 16.8 Å². The average molecular weight is 402 g/mol. The Labute approximate surface area is 167 Å². The molecule has 2 amide bonds. The number of rotatable bonds is 6. The molecule has 3 aromatic rings. The standard InChI is InChI=1S/C21H21ClFN3O2/c1-12(16-8-7-15(23)10-18(16)22)25-21(28)20(26-13(2)27)9-14-11-24-19-6-4-3-5-17(14)19/h3-8,10-12,20,24H,9H2,1-2H3,(H,25,28)(H,26,27). The van der Waals surface area contributed by atoms with Gasteiger partial charge < -0.3 is 15.6 Å². The van der Waals surface area contributed by atoms with Crippen molar-refractivity contribution in [2.24, 2.45) is 0 Å². The number of fused-ring (bicyclic) bond motifs is 1. The molecule has 7 heteroatoms. The lowest BCUT2D eigenvalue weighted by molar-refractivity contribution is -0.128. The molecular formula is C21H21ClFN3O2. The summed E-state index contributed by atoms with van der Waals surface area (Å²) >= 11 is 6.09. The van der Waals surface area contributed by atoms with E-state index in [1.54, 1.807) is 6.92 Å². The van der Waals surface area contributed by atoms with Crippen molar-refractivity contribution in [3.8, 4) is 0 Å². The number of amides is 2. The molecule has 3 rings (SSSR count). The molecule has 1 heterocycles. The molecule has 0 aliphatic rings. The van der Waals surface area contributed by atoms with Gasteiger partial charge >= 0.3 is 0 Å². The maximum atomic E-state index is 13.3. The summed E-state index contributed by atoms with van der Waals surface area (Å²) in [7, 11) is 0. The van der Waals surface area contributed by atoms with Gasteiger partial charge in [0.2, 0.25) is 11.8 Å². The van der Waals surface area contributed by atoms with Crippen LogP contribution in [0.1, 0.15) is 31.0 Å². The van der Waals surface area contributed by atoms with Crippen LogP contribution in [0.15, 0.2) is 48.7 Å². The highest BCUT2D eigenvalue weighted by atomic mass is 35.5. The van der Waals surface area contributed by atoms with Crippen molar-refractivity contribution in [3.63, 3.8) is 0 Å². The average Bonchev–Trinajstić information content (AvgIpc) is 3.03. The van der Waals surface area contributed by atoms with Gasteiger partial charge in [-0.2, -0.15) is 0 Å². The minimum absolute atomic E-state index is 0.237. The maximum absolute atomic E-state index is 13.3. The molecule has 2 atom stereocenters. The van der Waals surface area contributed by atoms with Gasteiger partial charge in [0.1, 0.15) is 11.9 Å². The van der Waals surface area contributed by atoms with E-state index in [0.29, 0.717) is 12.0 Å². The molecule has 28 heavy (non-hydrogen) atoms. The van der Waals surface area contributed by atoms with E-state index in [9.17, 15) is 14.0 Å². The fraction of sp³-hybridized carbons (Fsp3) is 0.238. The number of nitrogens with one attached hydrogen (secondary N) is 3. The summed E-state index contributed by atoms with van der Waals surface area (Å²) < 4.78 is 13.3. The number of halogens is 2. The molecule has 0 saturated carbocycles. The zero-order chi connectivity index (χ0) is 20.3. The van der Waals surface area contributed by atoms with E-state index < -0.39 is 17.9 Å². The van der Waals surface area contributed by atoms with Crippen LogP contribution in [0.3, 0.4) is 0 Å². The molecule has 146 valence electrons. The first kappa shape index (κ1) is 19.9. The summed E-state index contributed by atoms with van der Waals surface area (Å²) in [5.41, 5.74) is 2.49. The second-order valence-corrected chi connectivity index (χ2v) is 7.12. The van der Waals surface area contributed by atoms with Crippen LogP contribution in [0, 0.1) is 5.82 Å². The lowest BCUT2D eigenvalue weighted by Crippen LogP contribution is -2.48. The van der Waals surface area contributed by atoms with Crippen molar-refractivity contribution < 1.29 is 14.0 Å². The Morgan fingerprint density at radius 2 is 1.93 bits per heavy atom. The van der Waals surface area contributed by atoms with Crippen molar-refractivity contribution in [1.29, 1.82) is 0 Å². The Kier molecular flexibility index (Phi) is 5.99.